The highest BCUT2D eigenvalue weighted by Crippen LogP contribution is 2.30. The average molecular weight is 460 g/mol. The van der Waals surface area contributed by atoms with Crippen molar-refractivity contribution in [3.8, 4) is 22.8 Å². The van der Waals surface area contributed by atoms with Gasteiger partial charge in [0.05, 0.1) is 37.2 Å². The summed E-state index contributed by atoms with van der Waals surface area (Å²) >= 11 is 6.02. The third-order valence-corrected chi connectivity index (χ3v) is 5.53. The molecule has 0 bridgehead atoms. The van der Waals surface area contributed by atoms with Crippen molar-refractivity contribution in [2.45, 2.75) is 6.92 Å². The first kappa shape index (κ1) is 22.3. The van der Waals surface area contributed by atoms with Crippen molar-refractivity contribution in [3.05, 3.63) is 88.4 Å². The van der Waals surface area contributed by atoms with Gasteiger partial charge in [0.15, 0.2) is 0 Å². The van der Waals surface area contributed by atoms with E-state index >= 15 is 0 Å². The first-order chi connectivity index (χ1) is 16.0. The Labute approximate surface area is 196 Å². The van der Waals surface area contributed by atoms with Crippen molar-refractivity contribution in [2.75, 3.05) is 14.2 Å². The van der Waals surface area contributed by atoms with E-state index in [9.17, 15) is 4.79 Å². The molecule has 0 atom stereocenters. The molecule has 1 heterocycles. The first-order valence-corrected chi connectivity index (χ1v) is 10.6. The molecule has 0 aliphatic heterocycles. The van der Waals surface area contributed by atoms with Gasteiger partial charge in [-0.3, -0.25) is 4.79 Å². The Morgan fingerprint density at radius 1 is 1.03 bits per heavy atom. The van der Waals surface area contributed by atoms with E-state index < -0.39 is 0 Å². The minimum absolute atomic E-state index is 0.343. The third kappa shape index (κ3) is 4.66. The van der Waals surface area contributed by atoms with Gasteiger partial charge in [0.1, 0.15) is 11.5 Å². The molecular weight excluding hydrogens is 438 g/mol. The molecule has 166 valence electrons. The molecule has 0 aliphatic carbocycles. The Hall–Kier alpha value is -3.90. The predicted octanol–water partition coefficient (Wildman–Crippen LogP) is 5.64. The number of nitrogens with one attached hydrogen (secondary N) is 1. The molecule has 1 N–H and O–H groups in total. The number of para-hydroxylation sites is 1. The van der Waals surface area contributed by atoms with Gasteiger partial charge in [-0.2, -0.15) is 5.10 Å². The number of benzene rings is 3. The molecule has 0 fully saturated rings. The summed E-state index contributed by atoms with van der Waals surface area (Å²) in [7, 11) is 3.19. The molecule has 0 saturated heterocycles. The fourth-order valence-electron chi connectivity index (χ4n) is 3.64. The van der Waals surface area contributed by atoms with Crippen molar-refractivity contribution >= 4 is 34.6 Å². The van der Waals surface area contributed by atoms with Crippen LogP contribution in [-0.4, -0.2) is 31.3 Å². The summed E-state index contributed by atoms with van der Waals surface area (Å²) in [6.45, 7) is 1.90. The molecule has 0 saturated carbocycles. The molecule has 1 aromatic heterocycles. The molecule has 4 rings (SSSR count). The number of pyridine rings is 1. The van der Waals surface area contributed by atoms with Crippen LogP contribution < -0.4 is 14.9 Å². The van der Waals surface area contributed by atoms with Crippen molar-refractivity contribution in [3.63, 3.8) is 0 Å². The molecule has 7 heteroatoms. The fourth-order valence-corrected chi connectivity index (χ4v) is 3.77. The van der Waals surface area contributed by atoms with Crippen molar-refractivity contribution in [1.29, 1.82) is 0 Å². The lowest BCUT2D eigenvalue weighted by Crippen LogP contribution is -2.18. The Morgan fingerprint density at radius 2 is 1.79 bits per heavy atom. The molecule has 6 nitrogen and oxygen atoms in total. The second-order valence-corrected chi connectivity index (χ2v) is 7.73. The third-order valence-electron chi connectivity index (χ3n) is 5.28. The number of hydrazone groups is 1. The van der Waals surface area contributed by atoms with Crippen molar-refractivity contribution in [1.82, 2.24) is 10.4 Å². The zero-order valence-corrected chi connectivity index (χ0v) is 19.2. The van der Waals surface area contributed by atoms with Gasteiger partial charge in [-0.25, -0.2) is 10.4 Å². The van der Waals surface area contributed by atoms with Crippen LogP contribution in [0.4, 0.5) is 0 Å². The minimum atomic E-state index is -0.343. The number of fused-ring (bicyclic) bond motifs is 1. The van der Waals surface area contributed by atoms with Crippen molar-refractivity contribution < 1.29 is 14.3 Å². The van der Waals surface area contributed by atoms with Crippen LogP contribution in [0.1, 0.15) is 21.5 Å². The van der Waals surface area contributed by atoms with Gasteiger partial charge in [-0.05, 0) is 43.3 Å². The van der Waals surface area contributed by atoms with E-state index in [1.54, 1.807) is 38.6 Å². The number of carbonyl (C=O) groups is 1. The normalized spacial score (nSPS) is 11.0. The molecule has 33 heavy (non-hydrogen) atoms. The maximum Gasteiger partial charge on any atom is 0.272 e. The largest absolute Gasteiger partial charge is 0.496 e. The van der Waals surface area contributed by atoms with Crippen LogP contribution in [0.2, 0.25) is 5.02 Å². The zero-order valence-electron chi connectivity index (χ0n) is 18.4. The Balaban J connectivity index is 1.66. The monoisotopic (exact) mass is 459 g/mol. The number of aromatic nitrogens is 1. The smallest absolute Gasteiger partial charge is 0.272 e. The number of hydrogen-bond donors (Lipinski definition) is 1. The summed E-state index contributed by atoms with van der Waals surface area (Å²) in [6, 6.07) is 20.2. The van der Waals surface area contributed by atoms with Gasteiger partial charge in [-0.1, -0.05) is 41.9 Å². The van der Waals surface area contributed by atoms with Crippen LogP contribution in [0.5, 0.6) is 11.5 Å². The van der Waals surface area contributed by atoms with E-state index in [1.807, 2.05) is 55.5 Å². The van der Waals surface area contributed by atoms with Crippen molar-refractivity contribution in [2.24, 2.45) is 5.10 Å². The summed E-state index contributed by atoms with van der Waals surface area (Å²) in [6.07, 6.45) is 1.55. The van der Waals surface area contributed by atoms with E-state index in [4.69, 9.17) is 26.1 Å². The molecule has 0 unspecified atom stereocenters. The Kier molecular flexibility index (Phi) is 6.56. The number of ether oxygens (including phenoxy) is 2. The SMILES string of the molecule is COc1ccc(/C=N\NC(=O)c2cc(-c3ccc(Cl)cc3)nc3ccccc23)c(OC)c1C. The lowest BCUT2D eigenvalue weighted by molar-refractivity contribution is 0.0956. The van der Waals surface area contributed by atoms with Crippen LogP contribution >= 0.6 is 11.6 Å². The Bertz CT molecular complexity index is 1350. The van der Waals surface area contributed by atoms with Gasteiger partial charge < -0.3 is 9.47 Å². The summed E-state index contributed by atoms with van der Waals surface area (Å²) in [5, 5.41) is 5.53. The van der Waals surface area contributed by atoms with E-state index in [-0.39, 0.29) is 5.91 Å². The number of halogens is 1. The second kappa shape index (κ2) is 9.71. The standard InChI is InChI=1S/C26H22ClN3O3/c1-16-24(32-2)13-10-18(25(16)33-3)15-28-30-26(31)21-14-23(17-8-11-19(27)12-9-17)29-22-7-5-4-6-20(21)22/h4-15H,1-3H3,(H,30,31)/b28-15-. The summed E-state index contributed by atoms with van der Waals surface area (Å²) in [5.74, 6) is 1.00. The van der Waals surface area contributed by atoms with Crippen LogP contribution in [-0.2, 0) is 0 Å². The predicted molar refractivity (Wildman–Crippen MR) is 132 cm³/mol. The first-order valence-electron chi connectivity index (χ1n) is 10.2. The highest BCUT2D eigenvalue weighted by atomic mass is 35.5. The van der Waals surface area contributed by atoms with Crippen LogP contribution in [0.3, 0.4) is 0 Å². The van der Waals surface area contributed by atoms with Gasteiger partial charge in [0, 0.05) is 27.1 Å². The maximum atomic E-state index is 13.1. The number of amides is 1. The van der Waals surface area contributed by atoms with E-state index in [2.05, 4.69) is 10.5 Å². The molecule has 3 aromatic carbocycles. The van der Waals surface area contributed by atoms with E-state index in [0.717, 1.165) is 22.1 Å². The highest BCUT2D eigenvalue weighted by Gasteiger charge is 2.14. The second-order valence-electron chi connectivity index (χ2n) is 7.29. The van der Waals surface area contributed by atoms with Gasteiger partial charge in [0.2, 0.25) is 0 Å². The fraction of sp³-hybridized carbons (Fsp3) is 0.115. The molecule has 0 aliphatic rings. The highest BCUT2D eigenvalue weighted by molar-refractivity contribution is 6.30. The minimum Gasteiger partial charge on any atom is -0.496 e. The number of methoxy groups -OCH3 is 2. The van der Waals surface area contributed by atoms with Gasteiger partial charge in [-0.15, -0.1) is 0 Å². The number of nitrogens with zero attached hydrogens (tertiary/aromatic N) is 2. The quantitative estimate of drug-likeness (QED) is 0.299. The van der Waals surface area contributed by atoms with E-state index in [0.29, 0.717) is 33.3 Å². The molecule has 0 radical (unpaired) electrons. The Morgan fingerprint density at radius 3 is 2.52 bits per heavy atom. The number of carbonyl (C=O) groups excluding carboxylic acids is 1. The molecular formula is C26H22ClN3O3. The topological polar surface area (TPSA) is 72.8 Å². The summed E-state index contributed by atoms with van der Waals surface area (Å²) in [4.78, 5) is 17.8. The van der Waals surface area contributed by atoms with Gasteiger partial charge >= 0.3 is 0 Å². The van der Waals surface area contributed by atoms with Crippen LogP contribution in [0, 0.1) is 6.92 Å². The number of rotatable bonds is 6. The average Bonchev–Trinajstić information content (AvgIpc) is 2.84. The lowest BCUT2D eigenvalue weighted by atomic mass is 10.0. The molecule has 0 spiro atoms. The molecule has 4 aromatic rings. The summed E-state index contributed by atoms with van der Waals surface area (Å²) < 4.78 is 10.8. The van der Waals surface area contributed by atoms with E-state index in [1.165, 1.54) is 0 Å². The summed E-state index contributed by atoms with van der Waals surface area (Å²) in [5.41, 5.74) is 6.91. The number of hydrogen-bond acceptors (Lipinski definition) is 5. The van der Waals surface area contributed by atoms with Crippen LogP contribution in [0.15, 0.2) is 71.8 Å². The zero-order chi connectivity index (χ0) is 23.4. The van der Waals surface area contributed by atoms with Gasteiger partial charge in [0.25, 0.3) is 5.91 Å². The molecule has 1 amide bonds. The maximum absolute atomic E-state index is 13.1. The van der Waals surface area contributed by atoms with Crippen LogP contribution in [0.25, 0.3) is 22.2 Å². The lowest BCUT2D eigenvalue weighted by Gasteiger charge is -2.12.